The summed E-state index contributed by atoms with van der Waals surface area (Å²) in [6, 6.07) is 5.12. The number of fused-ring (bicyclic) bond motifs is 1. The maximum Gasteiger partial charge on any atom is 0.274 e. The number of hydrogen-bond acceptors (Lipinski definition) is 4. The van der Waals surface area contributed by atoms with Crippen molar-refractivity contribution < 1.29 is 14.4 Å². The molecule has 0 aromatic carbocycles. The lowest BCUT2D eigenvalue weighted by Crippen LogP contribution is -2.41. The van der Waals surface area contributed by atoms with E-state index in [1.165, 1.54) is 0 Å². The lowest BCUT2D eigenvalue weighted by Gasteiger charge is -2.29. The Balaban J connectivity index is 1.81. The lowest BCUT2D eigenvalue weighted by molar-refractivity contribution is -0.123. The van der Waals surface area contributed by atoms with Crippen LogP contribution in [0, 0.1) is 5.92 Å². The number of nitrogens with zero attached hydrogens (tertiary/aromatic N) is 3. The van der Waals surface area contributed by atoms with Gasteiger partial charge in [-0.2, -0.15) is 0 Å². The van der Waals surface area contributed by atoms with Crippen molar-refractivity contribution in [1.29, 1.82) is 0 Å². The number of likely N-dealkylation sites (tertiary alicyclic amines) is 1. The van der Waals surface area contributed by atoms with Crippen molar-refractivity contribution >= 4 is 23.7 Å². The first-order valence-electron chi connectivity index (χ1n) is 7.12. The topological polar surface area (TPSA) is 97.8 Å². The van der Waals surface area contributed by atoms with E-state index in [9.17, 15) is 14.4 Å². The zero-order valence-corrected chi connectivity index (χ0v) is 11.9. The standard InChI is InChI=1S/C15H16N4O3/c16-14(21)10-4-6-18(7-5-10)15(22)12-8-19-11(9-20)2-1-3-13(19)17-12/h1-3,8-10H,4-7H2,(H2,16,21). The van der Waals surface area contributed by atoms with Crippen LogP contribution >= 0.6 is 0 Å². The molecule has 7 heteroatoms. The smallest absolute Gasteiger partial charge is 0.274 e. The molecule has 22 heavy (non-hydrogen) atoms. The molecule has 2 N–H and O–H groups in total. The number of rotatable bonds is 3. The van der Waals surface area contributed by atoms with Crippen molar-refractivity contribution in [3.63, 3.8) is 0 Å². The normalized spacial score (nSPS) is 15.9. The number of imidazole rings is 1. The molecule has 2 aromatic heterocycles. The largest absolute Gasteiger partial charge is 0.369 e. The first kappa shape index (κ1) is 14.2. The van der Waals surface area contributed by atoms with E-state index < -0.39 is 0 Å². The minimum Gasteiger partial charge on any atom is -0.369 e. The summed E-state index contributed by atoms with van der Waals surface area (Å²) in [4.78, 5) is 40.6. The molecule has 7 nitrogen and oxygen atoms in total. The molecule has 0 unspecified atom stereocenters. The van der Waals surface area contributed by atoms with Crippen LogP contribution in [0.15, 0.2) is 24.4 Å². The van der Waals surface area contributed by atoms with Crippen molar-refractivity contribution in [2.24, 2.45) is 11.7 Å². The molecular weight excluding hydrogens is 284 g/mol. The van der Waals surface area contributed by atoms with Crippen molar-refractivity contribution in [3.05, 3.63) is 35.8 Å². The third-order valence-electron chi connectivity index (χ3n) is 4.05. The van der Waals surface area contributed by atoms with Gasteiger partial charge in [-0.3, -0.25) is 18.8 Å². The van der Waals surface area contributed by atoms with Gasteiger partial charge in [0.2, 0.25) is 5.91 Å². The first-order valence-corrected chi connectivity index (χ1v) is 7.12. The molecule has 0 radical (unpaired) electrons. The minimum absolute atomic E-state index is 0.160. The fourth-order valence-corrected chi connectivity index (χ4v) is 2.76. The Labute approximate surface area is 126 Å². The van der Waals surface area contributed by atoms with Crippen LogP contribution in [0.4, 0.5) is 0 Å². The van der Waals surface area contributed by atoms with E-state index in [4.69, 9.17) is 5.73 Å². The predicted octanol–water partition coefficient (Wildman–Crippen LogP) is 0.484. The Kier molecular flexibility index (Phi) is 3.62. The quantitative estimate of drug-likeness (QED) is 0.834. The van der Waals surface area contributed by atoms with Crippen LogP contribution in [0.1, 0.15) is 33.8 Å². The summed E-state index contributed by atoms with van der Waals surface area (Å²) in [5.74, 6) is -0.661. The number of hydrogen-bond donors (Lipinski definition) is 1. The number of aromatic nitrogens is 2. The fourth-order valence-electron chi connectivity index (χ4n) is 2.76. The highest BCUT2D eigenvalue weighted by molar-refractivity contribution is 5.93. The molecule has 0 bridgehead atoms. The van der Waals surface area contributed by atoms with Crippen LogP contribution in [0.3, 0.4) is 0 Å². The fraction of sp³-hybridized carbons (Fsp3) is 0.333. The van der Waals surface area contributed by atoms with Gasteiger partial charge in [-0.25, -0.2) is 4.98 Å². The molecule has 0 atom stereocenters. The third-order valence-corrected chi connectivity index (χ3v) is 4.05. The summed E-state index contributed by atoms with van der Waals surface area (Å²) in [6.45, 7) is 0.974. The summed E-state index contributed by atoms with van der Waals surface area (Å²) in [5.41, 5.74) is 6.59. The Hall–Kier alpha value is -2.70. The van der Waals surface area contributed by atoms with Crippen LogP contribution in [0.2, 0.25) is 0 Å². The summed E-state index contributed by atoms with van der Waals surface area (Å²) >= 11 is 0. The molecule has 0 aliphatic carbocycles. The number of primary amides is 1. The van der Waals surface area contributed by atoms with Crippen LogP contribution < -0.4 is 5.73 Å². The average Bonchev–Trinajstić information content (AvgIpc) is 2.98. The summed E-state index contributed by atoms with van der Waals surface area (Å²) in [7, 11) is 0. The molecule has 3 rings (SSSR count). The number of pyridine rings is 1. The molecule has 1 aliphatic heterocycles. The van der Waals surface area contributed by atoms with Gasteiger partial charge in [-0.1, -0.05) is 6.07 Å². The second-order valence-electron chi connectivity index (χ2n) is 5.39. The molecule has 3 heterocycles. The van der Waals surface area contributed by atoms with E-state index in [0.29, 0.717) is 43.0 Å². The monoisotopic (exact) mass is 300 g/mol. The second kappa shape index (κ2) is 5.59. The average molecular weight is 300 g/mol. The number of aldehydes is 1. The number of amides is 2. The van der Waals surface area contributed by atoms with Gasteiger partial charge in [0.15, 0.2) is 6.29 Å². The molecule has 2 aromatic rings. The van der Waals surface area contributed by atoms with Gasteiger partial charge >= 0.3 is 0 Å². The Bertz CT molecular complexity index is 744. The Morgan fingerprint density at radius 3 is 2.64 bits per heavy atom. The van der Waals surface area contributed by atoms with Crippen molar-refractivity contribution in [2.45, 2.75) is 12.8 Å². The Morgan fingerprint density at radius 2 is 2.00 bits per heavy atom. The number of nitrogens with two attached hydrogens (primary N) is 1. The minimum atomic E-state index is -0.310. The molecule has 1 saturated heterocycles. The third kappa shape index (κ3) is 2.45. The zero-order chi connectivity index (χ0) is 15.7. The molecule has 2 amide bonds. The zero-order valence-electron chi connectivity index (χ0n) is 11.9. The summed E-state index contributed by atoms with van der Waals surface area (Å²) in [6.07, 6.45) is 3.45. The highest BCUT2D eigenvalue weighted by Gasteiger charge is 2.27. The number of piperidine rings is 1. The molecule has 114 valence electrons. The van der Waals surface area contributed by atoms with Crippen LogP contribution in [-0.2, 0) is 4.79 Å². The van der Waals surface area contributed by atoms with Crippen molar-refractivity contribution in [1.82, 2.24) is 14.3 Å². The van der Waals surface area contributed by atoms with Gasteiger partial charge in [0.25, 0.3) is 5.91 Å². The van der Waals surface area contributed by atoms with Gasteiger partial charge < -0.3 is 10.6 Å². The van der Waals surface area contributed by atoms with Crippen molar-refractivity contribution in [3.8, 4) is 0 Å². The van der Waals surface area contributed by atoms with Gasteiger partial charge in [-0.05, 0) is 25.0 Å². The Morgan fingerprint density at radius 1 is 1.27 bits per heavy atom. The number of carbonyl (C=O) groups excluding carboxylic acids is 3. The second-order valence-corrected chi connectivity index (χ2v) is 5.39. The highest BCUT2D eigenvalue weighted by atomic mass is 16.2. The molecular formula is C15H16N4O3. The number of carbonyl (C=O) groups is 3. The molecule has 1 fully saturated rings. The van der Waals surface area contributed by atoms with E-state index in [-0.39, 0.29) is 17.7 Å². The van der Waals surface area contributed by atoms with Crippen LogP contribution in [-0.4, -0.2) is 45.5 Å². The van der Waals surface area contributed by atoms with Gasteiger partial charge in [0.05, 0.1) is 5.69 Å². The highest BCUT2D eigenvalue weighted by Crippen LogP contribution is 2.19. The maximum absolute atomic E-state index is 12.5. The van der Waals surface area contributed by atoms with Crippen LogP contribution in [0.5, 0.6) is 0 Å². The molecule has 1 aliphatic rings. The molecule has 0 spiro atoms. The lowest BCUT2D eigenvalue weighted by atomic mass is 9.96. The van der Waals surface area contributed by atoms with E-state index in [2.05, 4.69) is 4.98 Å². The van der Waals surface area contributed by atoms with Gasteiger partial charge in [-0.15, -0.1) is 0 Å². The summed E-state index contributed by atoms with van der Waals surface area (Å²) < 4.78 is 1.59. The van der Waals surface area contributed by atoms with Crippen molar-refractivity contribution in [2.75, 3.05) is 13.1 Å². The summed E-state index contributed by atoms with van der Waals surface area (Å²) in [5, 5.41) is 0. The van der Waals surface area contributed by atoms with Crippen LogP contribution in [0.25, 0.3) is 5.65 Å². The molecule has 0 saturated carbocycles. The van der Waals surface area contributed by atoms with E-state index in [1.807, 2.05) is 0 Å². The van der Waals surface area contributed by atoms with E-state index in [0.717, 1.165) is 6.29 Å². The van der Waals surface area contributed by atoms with Gasteiger partial charge in [0, 0.05) is 25.2 Å². The van der Waals surface area contributed by atoms with Gasteiger partial charge in [0.1, 0.15) is 11.3 Å². The maximum atomic E-state index is 12.5. The van der Waals surface area contributed by atoms with E-state index in [1.54, 1.807) is 33.7 Å². The predicted molar refractivity (Wildman–Crippen MR) is 78.4 cm³/mol. The van der Waals surface area contributed by atoms with E-state index >= 15 is 0 Å². The first-order chi connectivity index (χ1) is 10.6. The SMILES string of the molecule is NC(=O)C1CCN(C(=O)c2cn3c(C=O)cccc3n2)CC1.